The largest absolute Gasteiger partial charge is 0.399 e. The number of nitrogens with two attached hydrogens (primary N) is 1. The van der Waals surface area contributed by atoms with Crippen LogP contribution >= 0.6 is 0 Å². The van der Waals surface area contributed by atoms with E-state index in [1.165, 1.54) is 0 Å². The fraction of sp³-hybridized carbons (Fsp3) is 0.500. The lowest BCUT2D eigenvalue weighted by atomic mass is 10.0. The Balaban J connectivity index is 2.49. The molecule has 1 atom stereocenters. The van der Waals surface area contributed by atoms with E-state index < -0.39 is 0 Å². The number of aryl methyl sites for hydroxylation is 1. The molecular formula is C14H21N5. The molecule has 102 valence electrons. The van der Waals surface area contributed by atoms with Crippen molar-refractivity contribution in [1.82, 2.24) is 20.2 Å². The third-order valence-corrected chi connectivity index (χ3v) is 3.49. The molecule has 2 aromatic rings. The van der Waals surface area contributed by atoms with E-state index in [0.717, 1.165) is 29.1 Å². The lowest BCUT2D eigenvalue weighted by Crippen LogP contribution is -2.17. The Morgan fingerprint density at radius 3 is 2.63 bits per heavy atom. The summed E-state index contributed by atoms with van der Waals surface area (Å²) in [5.41, 5.74) is 8.69. The lowest BCUT2D eigenvalue weighted by Gasteiger charge is -2.20. The Bertz CT molecular complexity index is 559. The summed E-state index contributed by atoms with van der Waals surface area (Å²) in [5, 5.41) is 12.2. The molecule has 5 heteroatoms. The molecule has 19 heavy (non-hydrogen) atoms. The van der Waals surface area contributed by atoms with E-state index in [-0.39, 0.29) is 0 Å². The maximum absolute atomic E-state index is 5.79. The van der Waals surface area contributed by atoms with Crippen molar-refractivity contribution in [2.45, 2.75) is 40.2 Å². The molecule has 0 radical (unpaired) electrons. The maximum Gasteiger partial charge on any atom is 0.182 e. The summed E-state index contributed by atoms with van der Waals surface area (Å²) >= 11 is 0. The highest BCUT2D eigenvalue weighted by atomic mass is 15.5. The number of hydrogen-bond acceptors (Lipinski definition) is 4. The predicted molar refractivity (Wildman–Crippen MR) is 76.6 cm³/mol. The summed E-state index contributed by atoms with van der Waals surface area (Å²) in [6, 6.07) is 6.13. The van der Waals surface area contributed by atoms with Gasteiger partial charge in [-0.05, 0) is 53.5 Å². The fourth-order valence-electron chi connectivity index (χ4n) is 2.46. The molecule has 0 amide bonds. The van der Waals surface area contributed by atoms with Gasteiger partial charge in [-0.15, -0.1) is 5.10 Å². The molecule has 2 N–H and O–H groups in total. The third kappa shape index (κ3) is 2.59. The van der Waals surface area contributed by atoms with Gasteiger partial charge in [-0.1, -0.05) is 20.8 Å². The minimum Gasteiger partial charge on any atom is -0.399 e. The topological polar surface area (TPSA) is 69.6 Å². The summed E-state index contributed by atoms with van der Waals surface area (Å²) in [6.07, 6.45) is 1.00. The van der Waals surface area contributed by atoms with Crippen LogP contribution in [0.4, 0.5) is 5.69 Å². The maximum atomic E-state index is 5.79. The second-order valence-electron chi connectivity index (χ2n) is 5.24. The van der Waals surface area contributed by atoms with Gasteiger partial charge in [0.05, 0.1) is 6.04 Å². The monoisotopic (exact) mass is 259 g/mol. The average Bonchev–Trinajstić information content (AvgIpc) is 2.78. The van der Waals surface area contributed by atoms with Gasteiger partial charge in [-0.25, -0.2) is 4.68 Å². The Morgan fingerprint density at radius 2 is 2.05 bits per heavy atom. The molecule has 0 saturated heterocycles. The third-order valence-electron chi connectivity index (χ3n) is 3.49. The Morgan fingerprint density at radius 1 is 1.32 bits per heavy atom. The van der Waals surface area contributed by atoms with E-state index >= 15 is 0 Å². The standard InChI is InChI=1S/C14H21N5/c1-5-13(9(2)3)19-14(16-17-18-19)12-7-6-11(15)8-10(12)4/h6-9,13H,5,15H2,1-4H3. The molecule has 0 saturated carbocycles. The highest BCUT2D eigenvalue weighted by Crippen LogP contribution is 2.28. The zero-order valence-electron chi connectivity index (χ0n) is 12.0. The second-order valence-corrected chi connectivity index (χ2v) is 5.24. The molecule has 1 aromatic carbocycles. The first-order chi connectivity index (χ1) is 9.04. The van der Waals surface area contributed by atoms with Gasteiger partial charge in [0, 0.05) is 11.3 Å². The molecule has 5 nitrogen and oxygen atoms in total. The number of nitrogens with zero attached hydrogens (tertiary/aromatic N) is 4. The summed E-state index contributed by atoms with van der Waals surface area (Å²) in [6.45, 7) is 8.57. The van der Waals surface area contributed by atoms with Gasteiger partial charge >= 0.3 is 0 Å². The van der Waals surface area contributed by atoms with Gasteiger partial charge < -0.3 is 5.73 Å². The van der Waals surface area contributed by atoms with Crippen molar-refractivity contribution < 1.29 is 0 Å². The molecule has 1 aromatic heterocycles. The number of nitrogen functional groups attached to an aromatic ring is 1. The van der Waals surface area contributed by atoms with E-state index in [1.807, 2.05) is 29.8 Å². The van der Waals surface area contributed by atoms with Crippen LogP contribution in [0.25, 0.3) is 11.4 Å². The first-order valence-electron chi connectivity index (χ1n) is 6.69. The van der Waals surface area contributed by atoms with Crippen molar-refractivity contribution >= 4 is 5.69 Å². The summed E-state index contributed by atoms with van der Waals surface area (Å²) in [7, 11) is 0. The summed E-state index contributed by atoms with van der Waals surface area (Å²) in [5.74, 6) is 1.30. The zero-order chi connectivity index (χ0) is 14.0. The number of tetrazole rings is 1. The van der Waals surface area contributed by atoms with E-state index in [1.54, 1.807) is 0 Å². The van der Waals surface area contributed by atoms with Crippen molar-refractivity contribution in [3.05, 3.63) is 23.8 Å². The number of benzene rings is 1. The SMILES string of the molecule is CCC(C(C)C)n1nnnc1-c1ccc(N)cc1C. The van der Waals surface area contributed by atoms with Crippen molar-refractivity contribution in [3.63, 3.8) is 0 Å². The van der Waals surface area contributed by atoms with Crippen LogP contribution in [0.1, 0.15) is 38.8 Å². The van der Waals surface area contributed by atoms with Gasteiger partial charge in [0.15, 0.2) is 5.82 Å². The molecule has 1 unspecified atom stereocenters. The van der Waals surface area contributed by atoms with E-state index in [2.05, 4.69) is 36.3 Å². The van der Waals surface area contributed by atoms with Crippen molar-refractivity contribution in [3.8, 4) is 11.4 Å². The van der Waals surface area contributed by atoms with Crippen LogP contribution in [0.5, 0.6) is 0 Å². The number of anilines is 1. The van der Waals surface area contributed by atoms with E-state index in [9.17, 15) is 0 Å². The van der Waals surface area contributed by atoms with Crippen LogP contribution in [0.15, 0.2) is 18.2 Å². The van der Waals surface area contributed by atoms with Crippen LogP contribution in [0.2, 0.25) is 0 Å². The van der Waals surface area contributed by atoms with E-state index in [4.69, 9.17) is 5.73 Å². The Kier molecular flexibility index (Phi) is 3.83. The van der Waals surface area contributed by atoms with Gasteiger partial charge in [-0.2, -0.15) is 0 Å². The second kappa shape index (κ2) is 5.38. The number of aromatic nitrogens is 4. The summed E-state index contributed by atoms with van der Waals surface area (Å²) < 4.78 is 1.93. The van der Waals surface area contributed by atoms with Gasteiger partial charge in [0.25, 0.3) is 0 Å². The normalized spacial score (nSPS) is 12.9. The lowest BCUT2D eigenvalue weighted by molar-refractivity contribution is 0.333. The average molecular weight is 259 g/mol. The van der Waals surface area contributed by atoms with Gasteiger partial charge in [0.2, 0.25) is 0 Å². The van der Waals surface area contributed by atoms with Crippen molar-refractivity contribution in [2.75, 3.05) is 5.73 Å². The number of rotatable bonds is 4. The van der Waals surface area contributed by atoms with Crippen molar-refractivity contribution in [1.29, 1.82) is 0 Å². The highest BCUT2D eigenvalue weighted by Gasteiger charge is 2.20. The molecule has 0 aliphatic rings. The Hall–Kier alpha value is -1.91. The Labute approximate surface area is 113 Å². The number of hydrogen-bond donors (Lipinski definition) is 1. The molecule has 0 fully saturated rings. The smallest absolute Gasteiger partial charge is 0.182 e. The minimum absolute atomic E-state index is 0.307. The molecule has 2 rings (SSSR count). The zero-order valence-corrected chi connectivity index (χ0v) is 12.0. The van der Waals surface area contributed by atoms with Crippen LogP contribution < -0.4 is 5.73 Å². The first-order valence-corrected chi connectivity index (χ1v) is 6.69. The van der Waals surface area contributed by atoms with Crippen molar-refractivity contribution in [2.24, 2.45) is 5.92 Å². The van der Waals surface area contributed by atoms with Crippen LogP contribution in [0, 0.1) is 12.8 Å². The van der Waals surface area contributed by atoms with Crippen LogP contribution in [0.3, 0.4) is 0 Å². The minimum atomic E-state index is 0.307. The van der Waals surface area contributed by atoms with Gasteiger partial charge in [-0.3, -0.25) is 0 Å². The van der Waals surface area contributed by atoms with Gasteiger partial charge in [0.1, 0.15) is 0 Å². The molecule has 1 heterocycles. The van der Waals surface area contributed by atoms with E-state index in [0.29, 0.717) is 12.0 Å². The highest BCUT2D eigenvalue weighted by molar-refractivity contribution is 5.63. The predicted octanol–water partition coefficient (Wildman–Crippen LogP) is 2.84. The van der Waals surface area contributed by atoms with Crippen LogP contribution in [-0.2, 0) is 0 Å². The van der Waals surface area contributed by atoms with Crippen LogP contribution in [-0.4, -0.2) is 20.2 Å². The molecule has 0 aliphatic carbocycles. The fourth-order valence-corrected chi connectivity index (χ4v) is 2.46. The first kappa shape index (κ1) is 13.5. The molecule has 0 aliphatic heterocycles. The summed E-state index contributed by atoms with van der Waals surface area (Å²) in [4.78, 5) is 0. The quantitative estimate of drug-likeness (QED) is 0.857. The molecular weight excluding hydrogens is 238 g/mol. The molecule has 0 bridgehead atoms. The molecule has 0 spiro atoms.